The van der Waals surface area contributed by atoms with Crippen molar-refractivity contribution in [2.75, 3.05) is 12.0 Å². The van der Waals surface area contributed by atoms with E-state index in [2.05, 4.69) is 4.98 Å². The normalized spacial score (nSPS) is 17.3. The van der Waals surface area contributed by atoms with Gasteiger partial charge < -0.3 is 9.64 Å². The van der Waals surface area contributed by atoms with Gasteiger partial charge in [-0.05, 0) is 72.6 Å². The molecule has 0 bridgehead atoms. The molecule has 0 atom stereocenters. The number of ether oxygens (including phenoxy) is 1. The lowest BCUT2D eigenvalue weighted by molar-refractivity contribution is -0.120. The first-order valence-corrected chi connectivity index (χ1v) is 11.0. The highest BCUT2D eigenvalue weighted by Crippen LogP contribution is 2.50. The first-order valence-electron chi connectivity index (χ1n) is 10.2. The molecule has 1 aromatic heterocycles. The van der Waals surface area contributed by atoms with Crippen LogP contribution in [0.25, 0.3) is 10.9 Å². The van der Waals surface area contributed by atoms with Crippen LogP contribution >= 0.6 is 11.8 Å². The summed E-state index contributed by atoms with van der Waals surface area (Å²) in [5.41, 5.74) is -3.50. The molecule has 1 saturated heterocycles. The molecule has 10 heteroatoms. The number of aromatic nitrogens is 1. The lowest BCUT2D eigenvalue weighted by Gasteiger charge is -2.22. The SMILES string of the molecule is COc1ccc2c(CN3C(=O)N(c4ccc(SC(F)(F)F)cc4)C(=O)C34CC4)ccnc2c1. The fraction of sp³-hybridized carbons (Fsp3) is 0.261. The summed E-state index contributed by atoms with van der Waals surface area (Å²) in [6.45, 7) is 0.217. The molecule has 1 aliphatic carbocycles. The Morgan fingerprint density at radius 3 is 2.45 bits per heavy atom. The number of carbonyl (C=O) groups excluding carboxylic acids is 2. The minimum atomic E-state index is -4.41. The Balaban J connectivity index is 1.44. The Labute approximate surface area is 191 Å². The highest BCUT2D eigenvalue weighted by atomic mass is 32.2. The summed E-state index contributed by atoms with van der Waals surface area (Å²) in [7, 11) is 1.57. The average molecular weight is 473 g/mol. The lowest BCUT2D eigenvalue weighted by atomic mass is 10.1. The second-order valence-electron chi connectivity index (χ2n) is 7.94. The van der Waals surface area contributed by atoms with Crippen LogP contribution in [0.2, 0.25) is 0 Å². The maximum atomic E-state index is 13.3. The summed E-state index contributed by atoms with van der Waals surface area (Å²) in [6, 6.07) is 12.1. The average Bonchev–Trinajstić information content (AvgIpc) is 3.55. The van der Waals surface area contributed by atoms with Crippen molar-refractivity contribution in [1.82, 2.24) is 9.88 Å². The first-order chi connectivity index (χ1) is 15.7. The van der Waals surface area contributed by atoms with E-state index in [0.29, 0.717) is 24.1 Å². The van der Waals surface area contributed by atoms with Crippen molar-refractivity contribution in [2.45, 2.75) is 35.3 Å². The second-order valence-corrected chi connectivity index (χ2v) is 9.07. The molecule has 1 spiro atoms. The van der Waals surface area contributed by atoms with Crippen LogP contribution in [-0.2, 0) is 11.3 Å². The Bertz CT molecular complexity index is 1260. The number of amides is 3. The van der Waals surface area contributed by atoms with Gasteiger partial charge in [-0.3, -0.25) is 9.78 Å². The number of urea groups is 1. The number of alkyl halides is 3. The van der Waals surface area contributed by atoms with Crippen LogP contribution in [0.1, 0.15) is 18.4 Å². The molecule has 3 aromatic rings. The van der Waals surface area contributed by atoms with Crippen molar-refractivity contribution < 1.29 is 27.5 Å². The number of nitrogens with zero attached hydrogens (tertiary/aromatic N) is 3. The third-order valence-corrected chi connectivity index (χ3v) is 6.70. The molecular formula is C23H18F3N3O3S. The largest absolute Gasteiger partial charge is 0.497 e. The summed E-state index contributed by atoms with van der Waals surface area (Å²) in [4.78, 5) is 33.5. The van der Waals surface area contributed by atoms with E-state index < -0.39 is 17.1 Å². The number of benzene rings is 2. The molecule has 2 heterocycles. The molecule has 0 N–H and O–H groups in total. The number of hydrogen-bond donors (Lipinski definition) is 0. The van der Waals surface area contributed by atoms with Crippen molar-refractivity contribution in [1.29, 1.82) is 0 Å². The molecule has 33 heavy (non-hydrogen) atoms. The van der Waals surface area contributed by atoms with Crippen LogP contribution in [-0.4, -0.2) is 40.0 Å². The fourth-order valence-corrected chi connectivity index (χ4v) is 4.72. The van der Waals surface area contributed by atoms with Gasteiger partial charge in [-0.25, -0.2) is 9.69 Å². The molecule has 2 aromatic carbocycles. The molecule has 2 aliphatic rings. The zero-order valence-corrected chi connectivity index (χ0v) is 18.2. The summed E-state index contributed by atoms with van der Waals surface area (Å²) < 4.78 is 43.1. The lowest BCUT2D eigenvalue weighted by Crippen LogP contribution is -2.36. The summed E-state index contributed by atoms with van der Waals surface area (Å²) in [6.07, 6.45) is 2.74. The molecule has 5 rings (SSSR count). The van der Waals surface area contributed by atoms with Crippen LogP contribution in [0.3, 0.4) is 0 Å². The minimum Gasteiger partial charge on any atom is -0.497 e. The molecule has 1 saturated carbocycles. The van der Waals surface area contributed by atoms with E-state index in [1.54, 1.807) is 24.3 Å². The van der Waals surface area contributed by atoms with Gasteiger partial charge in [0.25, 0.3) is 5.91 Å². The molecule has 3 amide bonds. The van der Waals surface area contributed by atoms with E-state index in [9.17, 15) is 22.8 Å². The number of pyridine rings is 1. The molecule has 6 nitrogen and oxygen atoms in total. The topological polar surface area (TPSA) is 62.7 Å². The van der Waals surface area contributed by atoms with Crippen molar-refractivity contribution in [3.63, 3.8) is 0 Å². The molecular weight excluding hydrogens is 455 g/mol. The van der Waals surface area contributed by atoms with Crippen molar-refractivity contribution in [3.05, 3.63) is 60.3 Å². The molecule has 2 fully saturated rings. The van der Waals surface area contributed by atoms with E-state index in [1.165, 1.54) is 24.3 Å². The Hall–Kier alpha value is -3.27. The van der Waals surface area contributed by atoms with Gasteiger partial charge in [0.15, 0.2) is 0 Å². The smallest absolute Gasteiger partial charge is 0.446 e. The van der Waals surface area contributed by atoms with Gasteiger partial charge in [-0.1, -0.05) is 0 Å². The van der Waals surface area contributed by atoms with E-state index in [-0.39, 0.29) is 34.8 Å². The summed E-state index contributed by atoms with van der Waals surface area (Å²) >= 11 is -0.242. The van der Waals surface area contributed by atoms with E-state index in [0.717, 1.165) is 15.8 Å². The highest BCUT2D eigenvalue weighted by Gasteiger charge is 2.65. The third kappa shape index (κ3) is 3.78. The Kier molecular flexibility index (Phi) is 5.00. The predicted octanol–water partition coefficient (Wildman–Crippen LogP) is 5.36. The van der Waals surface area contributed by atoms with Crippen LogP contribution < -0.4 is 9.64 Å². The zero-order chi connectivity index (χ0) is 23.4. The molecule has 170 valence electrons. The van der Waals surface area contributed by atoms with Crippen molar-refractivity contribution >= 4 is 40.3 Å². The fourth-order valence-electron chi connectivity index (χ4n) is 4.18. The van der Waals surface area contributed by atoms with Crippen molar-refractivity contribution in [3.8, 4) is 5.75 Å². The highest BCUT2D eigenvalue weighted by molar-refractivity contribution is 8.00. The van der Waals surface area contributed by atoms with E-state index in [4.69, 9.17) is 4.74 Å². The van der Waals surface area contributed by atoms with Gasteiger partial charge >= 0.3 is 11.5 Å². The van der Waals surface area contributed by atoms with E-state index in [1.807, 2.05) is 18.2 Å². The zero-order valence-electron chi connectivity index (χ0n) is 17.4. The number of hydrogen-bond acceptors (Lipinski definition) is 5. The van der Waals surface area contributed by atoms with E-state index >= 15 is 0 Å². The third-order valence-electron chi connectivity index (χ3n) is 5.96. The Morgan fingerprint density at radius 2 is 1.82 bits per heavy atom. The van der Waals surface area contributed by atoms with Gasteiger partial charge in [0.05, 0.1) is 18.3 Å². The first kappa shape index (κ1) is 21.6. The van der Waals surface area contributed by atoms with Gasteiger partial charge in [-0.2, -0.15) is 13.2 Å². The monoisotopic (exact) mass is 473 g/mol. The van der Waals surface area contributed by atoms with Gasteiger partial charge in [0.1, 0.15) is 11.3 Å². The number of fused-ring (bicyclic) bond motifs is 1. The quantitative estimate of drug-likeness (QED) is 0.369. The molecule has 1 aliphatic heterocycles. The maximum absolute atomic E-state index is 13.3. The van der Waals surface area contributed by atoms with Gasteiger partial charge in [0.2, 0.25) is 0 Å². The maximum Gasteiger partial charge on any atom is 0.446 e. The van der Waals surface area contributed by atoms with Crippen LogP contribution in [0.5, 0.6) is 5.75 Å². The number of anilines is 1. The second kappa shape index (κ2) is 7.65. The van der Waals surface area contributed by atoms with Crippen LogP contribution in [0.15, 0.2) is 59.6 Å². The summed E-state index contributed by atoms with van der Waals surface area (Å²) in [5.74, 6) is 0.320. The number of methoxy groups -OCH3 is 1. The van der Waals surface area contributed by atoms with Gasteiger partial charge in [0, 0.05) is 29.1 Å². The number of rotatable bonds is 5. The number of halogens is 3. The van der Waals surface area contributed by atoms with Crippen molar-refractivity contribution in [2.24, 2.45) is 0 Å². The standard InChI is InChI=1S/C23H18F3N3O3S/c1-32-16-4-7-18-14(8-11-27-19(18)12-16)13-28-21(31)29(20(30)22(28)9-10-22)15-2-5-17(6-3-15)33-23(24,25)26/h2-8,11-12H,9-10,13H2,1H3. The minimum absolute atomic E-state index is 0.0120. The molecule has 0 unspecified atom stereocenters. The molecule has 0 radical (unpaired) electrons. The number of imide groups is 1. The Morgan fingerprint density at radius 1 is 1.09 bits per heavy atom. The number of carbonyl (C=O) groups is 2. The summed E-state index contributed by atoms with van der Waals surface area (Å²) in [5, 5.41) is 0.848. The predicted molar refractivity (Wildman–Crippen MR) is 117 cm³/mol. The van der Waals surface area contributed by atoms with Crippen LogP contribution in [0, 0.1) is 0 Å². The van der Waals surface area contributed by atoms with Gasteiger partial charge in [-0.15, -0.1) is 0 Å². The number of thioether (sulfide) groups is 1. The van der Waals surface area contributed by atoms with Crippen LogP contribution in [0.4, 0.5) is 23.7 Å².